The van der Waals surface area contributed by atoms with E-state index >= 15 is 0 Å². The molecule has 2 N–H and O–H groups in total. The van der Waals surface area contributed by atoms with Gasteiger partial charge in [0.25, 0.3) is 5.91 Å². The normalized spacial score (nSPS) is 16.7. The Morgan fingerprint density at radius 2 is 1.69 bits per heavy atom. The van der Waals surface area contributed by atoms with E-state index in [0.717, 1.165) is 26.9 Å². The molecule has 0 saturated heterocycles. The predicted octanol–water partition coefficient (Wildman–Crippen LogP) is 4.29. The molecule has 1 atom stereocenters. The van der Waals surface area contributed by atoms with E-state index in [4.69, 9.17) is 24.3 Å². The minimum absolute atomic E-state index is 0.0870. The Hall–Kier alpha value is -3.36. The van der Waals surface area contributed by atoms with Gasteiger partial charge in [-0.3, -0.25) is 4.79 Å². The number of halogens is 1. The number of nitrogens with zero attached hydrogens (tertiary/aromatic N) is 1. The summed E-state index contributed by atoms with van der Waals surface area (Å²) < 4.78 is 17.8. The van der Waals surface area contributed by atoms with Crippen LogP contribution < -0.4 is 14.8 Å². The summed E-state index contributed by atoms with van der Waals surface area (Å²) in [6.07, 6.45) is 0.975. The molecule has 0 aromatic heterocycles. The molecule has 1 aliphatic rings. The van der Waals surface area contributed by atoms with E-state index in [1.165, 1.54) is 0 Å². The summed E-state index contributed by atoms with van der Waals surface area (Å²) in [6, 6.07) is 22.8. The first-order chi connectivity index (χ1) is 17.5. The smallest absolute Gasteiger partial charge is 0.252 e. The van der Waals surface area contributed by atoms with E-state index < -0.39 is 5.54 Å². The molecule has 8 heteroatoms. The number of aliphatic hydroxyl groups is 1. The number of carbonyl (C=O) groups excluding carboxylic acids is 1. The topological polar surface area (TPSA) is 89.4 Å². The minimum Gasteiger partial charge on any atom is -0.497 e. The van der Waals surface area contributed by atoms with Crippen LogP contribution in [0, 0.1) is 0 Å². The first-order valence-electron chi connectivity index (χ1n) is 11.7. The molecule has 3 aromatic rings. The van der Waals surface area contributed by atoms with E-state index in [1.54, 1.807) is 7.11 Å². The van der Waals surface area contributed by atoms with Gasteiger partial charge in [0.2, 0.25) is 5.90 Å². The highest BCUT2D eigenvalue weighted by Gasteiger charge is 2.44. The number of nitrogens with one attached hydrogen (secondary N) is 1. The molecule has 1 amide bonds. The number of hydrogen-bond acceptors (Lipinski definition) is 6. The molecular formula is C28H29BrN2O5. The highest BCUT2D eigenvalue weighted by atomic mass is 79.9. The summed E-state index contributed by atoms with van der Waals surface area (Å²) >= 11 is 3.46. The first kappa shape index (κ1) is 25.7. The zero-order valence-corrected chi connectivity index (χ0v) is 21.7. The lowest BCUT2D eigenvalue weighted by molar-refractivity contribution is -0.126. The van der Waals surface area contributed by atoms with Gasteiger partial charge in [0.05, 0.1) is 13.7 Å². The fraction of sp³-hybridized carbons (Fsp3) is 0.286. The molecule has 1 aliphatic heterocycles. The van der Waals surface area contributed by atoms with Crippen molar-refractivity contribution in [2.45, 2.75) is 24.9 Å². The van der Waals surface area contributed by atoms with Gasteiger partial charge in [0, 0.05) is 36.0 Å². The molecular weight excluding hydrogens is 524 g/mol. The Labute approximate surface area is 219 Å². The summed E-state index contributed by atoms with van der Waals surface area (Å²) in [4.78, 5) is 18.4. The second-order valence-electron chi connectivity index (χ2n) is 8.52. The van der Waals surface area contributed by atoms with Gasteiger partial charge in [-0.1, -0.05) is 40.2 Å². The van der Waals surface area contributed by atoms with Crippen molar-refractivity contribution >= 4 is 27.7 Å². The SMILES string of the molecule is COc1ccc(CNC(=O)[C@@]2(Cc3ccc(Br)cc3)COC(c3ccc(OCCCO)cc3)=N2)cc1. The fourth-order valence-electron chi connectivity index (χ4n) is 3.86. The van der Waals surface area contributed by atoms with Gasteiger partial charge in [0.1, 0.15) is 18.1 Å². The lowest BCUT2D eigenvalue weighted by Gasteiger charge is -2.23. The van der Waals surface area contributed by atoms with Crippen LogP contribution in [0.25, 0.3) is 0 Å². The van der Waals surface area contributed by atoms with Crippen molar-refractivity contribution in [1.29, 1.82) is 0 Å². The van der Waals surface area contributed by atoms with Crippen LogP contribution in [-0.2, 0) is 22.5 Å². The number of rotatable bonds is 11. The molecule has 0 saturated carbocycles. The van der Waals surface area contributed by atoms with Crippen LogP contribution in [-0.4, -0.2) is 49.4 Å². The number of methoxy groups -OCH3 is 1. The number of aliphatic hydroxyl groups excluding tert-OH is 1. The molecule has 4 rings (SSSR count). The summed E-state index contributed by atoms with van der Waals surface area (Å²) in [5, 5.41) is 12.0. The molecule has 1 heterocycles. The Balaban J connectivity index is 1.53. The van der Waals surface area contributed by atoms with Crippen LogP contribution >= 0.6 is 15.9 Å². The van der Waals surface area contributed by atoms with Gasteiger partial charge < -0.3 is 24.6 Å². The van der Waals surface area contributed by atoms with Crippen LogP contribution in [0.15, 0.2) is 82.3 Å². The Morgan fingerprint density at radius 1 is 1.03 bits per heavy atom. The molecule has 0 radical (unpaired) electrons. The number of amides is 1. The quantitative estimate of drug-likeness (QED) is 0.346. The zero-order valence-electron chi connectivity index (χ0n) is 20.1. The van der Waals surface area contributed by atoms with Crippen molar-refractivity contribution in [1.82, 2.24) is 5.32 Å². The largest absolute Gasteiger partial charge is 0.497 e. The van der Waals surface area contributed by atoms with Crippen LogP contribution in [0.2, 0.25) is 0 Å². The average Bonchev–Trinajstić information content (AvgIpc) is 3.34. The summed E-state index contributed by atoms with van der Waals surface area (Å²) in [6.45, 7) is 1.04. The van der Waals surface area contributed by atoms with Gasteiger partial charge in [-0.25, -0.2) is 4.99 Å². The zero-order chi connectivity index (χ0) is 25.4. The second kappa shape index (κ2) is 12.1. The summed E-state index contributed by atoms with van der Waals surface area (Å²) in [5.74, 6) is 1.69. The molecule has 7 nitrogen and oxygen atoms in total. The van der Waals surface area contributed by atoms with Crippen molar-refractivity contribution in [3.63, 3.8) is 0 Å². The summed E-state index contributed by atoms with van der Waals surface area (Å²) in [5.41, 5.74) is 1.62. The molecule has 0 unspecified atom stereocenters. The highest BCUT2D eigenvalue weighted by molar-refractivity contribution is 9.10. The van der Waals surface area contributed by atoms with Crippen molar-refractivity contribution in [3.05, 3.63) is 94.0 Å². The monoisotopic (exact) mass is 552 g/mol. The molecule has 3 aromatic carbocycles. The minimum atomic E-state index is -1.09. The van der Waals surface area contributed by atoms with Gasteiger partial charge in [-0.2, -0.15) is 0 Å². The van der Waals surface area contributed by atoms with E-state index in [9.17, 15) is 4.79 Å². The number of carbonyl (C=O) groups is 1. The Bertz CT molecular complexity index is 1180. The molecule has 36 heavy (non-hydrogen) atoms. The van der Waals surface area contributed by atoms with Crippen molar-refractivity contribution < 1.29 is 24.1 Å². The first-order valence-corrected chi connectivity index (χ1v) is 12.5. The molecule has 0 spiro atoms. The Morgan fingerprint density at radius 3 is 2.36 bits per heavy atom. The van der Waals surface area contributed by atoms with Crippen LogP contribution in [0.5, 0.6) is 11.5 Å². The average molecular weight is 553 g/mol. The number of benzene rings is 3. The lowest BCUT2D eigenvalue weighted by Crippen LogP contribution is -2.48. The fourth-order valence-corrected chi connectivity index (χ4v) is 4.12. The van der Waals surface area contributed by atoms with Crippen LogP contribution in [0.3, 0.4) is 0 Å². The number of aliphatic imine (C=N–C) groups is 1. The molecule has 0 aliphatic carbocycles. The van der Waals surface area contributed by atoms with E-state index in [-0.39, 0.29) is 19.1 Å². The maximum atomic E-state index is 13.5. The van der Waals surface area contributed by atoms with Crippen LogP contribution in [0.1, 0.15) is 23.1 Å². The van der Waals surface area contributed by atoms with Gasteiger partial charge in [-0.15, -0.1) is 0 Å². The van der Waals surface area contributed by atoms with Crippen LogP contribution in [0.4, 0.5) is 0 Å². The van der Waals surface area contributed by atoms with Crippen molar-refractivity contribution in [2.24, 2.45) is 4.99 Å². The van der Waals surface area contributed by atoms with Gasteiger partial charge in [-0.05, 0) is 59.7 Å². The molecule has 0 bridgehead atoms. The van der Waals surface area contributed by atoms with E-state index in [0.29, 0.717) is 37.6 Å². The predicted molar refractivity (Wildman–Crippen MR) is 142 cm³/mol. The number of ether oxygens (including phenoxy) is 3. The summed E-state index contributed by atoms with van der Waals surface area (Å²) in [7, 11) is 1.62. The van der Waals surface area contributed by atoms with Crippen molar-refractivity contribution in [3.8, 4) is 11.5 Å². The maximum Gasteiger partial charge on any atom is 0.252 e. The van der Waals surface area contributed by atoms with Gasteiger partial charge >= 0.3 is 0 Å². The third-order valence-electron chi connectivity index (χ3n) is 5.88. The highest BCUT2D eigenvalue weighted by Crippen LogP contribution is 2.28. The molecule has 188 valence electrons. The number of hydrogen-bond donors (Lipinski definition) is 2. The third kappa shape index (κ3) is 6.44. The van der Waals surface area contributed by atoms with E-state index in [1.807, 2.05) is 72.8 Å². The van der Waals surface area contributed by atoms with Crippen molar-refractivity contribution in [2.75, 3.05) is 26.9 Å². The Kier molecular flexibility index (Phi) is 8.61. The van der Waals surface area contributed by atoms with Gasteiger partial charge in [0.15, 0.2) is 5.54 Å². The third-order valence-corrected chi connectivity index (χ3v) is 6.41. The lowest BCUT2D eigenvalue weighted by atomic mass is 9.91. The maximum absolute atomic E-state index is 13.5. The van der Waals surface area contributed by atoms with E-state index in [2.05, 4.69) is 21.2 Å². The second-order valence-corrected chi connectivity index (χ2v) is 9.44. The standard InChI is InChI=1S/C28H29BrN2O5/c1-34-24-11-5-21(6-12-24)18-30-27(33)28(17-20-3-9-23(29)10-4-20)19-36-26(31-28)22-7-13-25(14-8-22)35-16-2-15-32/h3-14,32H,2,15-19H2,1H3,(H,30,33)/t28-/m1/s1. The molecule has 0 fully saturated rings.